The van der Waals surface area contributed by atoms with Crippen molar-refractivity contribution in [3.05, 3.63) is 50.1 Å². The Morgan fingerprint density at radius 2 is 2.05 bits per heavy atom. The molecule has 1 aromatic carbocycles. The van der Waals surface area contributed by atoms with Gasteiger partial charge in [-0.25, -0.2) is 13.4 Å². The lowest BCUT2D eigenvalue weighted by atomic mass is 9.89. The van der Waals surface area contributed by atoms with Gasteiger partial charge in [0.15, 0.2) is 15.0 Å². The minimum atomic E-state index is -3.10. The summed E-state index contributed by atoms with van der Waals surface area (Å²) >= 11 is 2.87. The van der Waals surface area contributed by atoms with Gasteiger partial charge in [-0.05, 0) is 75.1 Å². The molecule has 0 N–H and O–H groups in total. The first-order chi connectivity index (χ1) is 17.6. The van der Waals surface area contributed by atoms with Crippen LogP contribution in [0.5, 0.6) is 0 Å². The minimum Gasteiger partial charge on any atom is -0.338 e. The number of aromatic nitrogens is 2. The average Bonchev–Trinajstić information content (AvgIpc) is 3.38. The van der Waals surface area contributed by atoms with Crippen LogP contribution in [-0.4, -0.2) is 58.6 Å². The smallest absolute Gasteiger partial charge is 0.267 e. The van der Waals surface area contributed by atoms with Crippen molar-refractivity contribution >= 4 is 49.1 Å². The van der Waals surface area contributed by atoms with E-state index in [1.807, 2.05) is 39.0 Å². The van der Waals surface area contributed by atoms with Gasteiger partial charge in [-0.2, -0.15) is 0 Å². The maximum absolute atomic E-state index is 14.1. The molecule has 198 valence electrons. The van der Waals surface area contributed by atoms with Crippen molar-refractivity contribution in [3.63, 3.8) is 0 Å². The van der Waals surface area contributed by atoms with Crippen molar-refractivity contribution in [1.82, 2.24) is 14.5 Å². The van der Waals surface area contributed by atoms with Crippen molar-refractivity contribution in [3.8, 4) is 5.69 Å². The number of aryl methyl sites for hydroxylation is 3. The van der Waals surface area contributed by atoms with E-state index in [0.717, 1.165) is 51.9 Å². The number of thioether (sulfide) groups is 1. The molecule has 0 bridgehead atoms. The molecular weight excluding hydrogens is 527 g/mol. The number of sulfone groups is 1. The first kappa shape index (κ1) is 26.4. The van der Waals surface area contributed by atoms with E-state index in [1.54, 1.807) is 20.8 Å². The molecular formula is C27H33N3O4S3. The van der Waals surface area contributed by atoms with E-state index >= 15 is 0 Å². The number of carbonyl (C=O) groups excluding carboxylic acids is 1. The number of amides is 1. The van der Waals surface area contributed by atoms with Gasteiger partial charge in [0.2, 0.25) is 5.91 Å². The molecule has 0 saturated carbocycles. The standard InChI is InChI=1S/C27H33N3O4S3/c1-5-29(19-10-11-37(33,34)15-19)23(31)14-35-27-28-25-24(20-9-7-17(3)13-22(20)36-25)26(32)30(27)21-12-16(2)6-8-18(21)4/h6,8,12,17,19H,5,7,9-11,13-15H2,1-4H3/t17-,19+/m0/s1. The Morgan fingerprint density at radius 3 is 2.76 bits per heavy atom. The molecule has 1 saturated heterocycles. The molecule has 1 fully saturated rings. The van der Waals surface area contributed by atoms with Crippen LogP contribution in [0.1, 0.15) is 48.3 Å². The fourth-order valence-corrected chi connectivity index (χ4v) is 9.56. The molecule has 0 radical (unpaired) electrons. The summed E-state index contributed by atoms with van der Waals surface area (Å²) in [6.45, 7) is 8.55. The van der Waals surface area contributed by atoms with E-state index in [1.165, 1.54) is 16.6 Å². The third-order valence-corrected chi connectivity index (χ3v) is 11.4. The Labute approximate surface area is 226 Å². The normalized spacial score (nSPS) is 20.8. The van der Waals surface area contributed by atoms with Crippen LogP contribution < -0.4 is 5.56 Å². The van der Waals surface area contributed by atoms with Gasteiger partial charge in [-0.15, -0.1) is 11.3 Å². The summed E-state index contributed by atoms with van der Waals surface area (Å²) in [7, 11) is -3.10. The van der Waals surface area contributed by atoms with E-state index < -0.39 is 9.84 Å². The Hall–Kier alpha value is -2.17. The molecule has 0 spiro atoms. The minimum absolute atomic E-state index is 0.0216. The van der Waals surface area contributed by atoms with Crippen molar-refractivity contribution < 1.29 is 13.2 Å². The molecule has 37 heavy (non-hydrogen) atoms. The third kappa shape index (κ3) is 5.12. The maximum Gasteiger partial charge on any atom is 0.267 e. The summed E-state index contributed by atoms with van der Waals surface area (Å²) in [5.41, 5.74) is 3.86. The Kier molecular flexibility index (Phi) is 7.28. The maximum atomic E-state index is 14.1. The quantitative estimate of drug-likeness (QED) is 0.330. The monoisotopic (exact) mass is 559 g/mol. The molecule has 2 aromatic heterocycles. The van der Waals surface area contributed by atoms with Gasteiger partial charge in [-0.1, -0.05) is 30.8 Å². The largest absolute Gasteiger partial charge is 0.338 e. The summed E-state index contributed by atoms with van der Waals surface area (Å²) in [6, 6.07) is 5.74. The summed E-state index contributed by atoms with van der Waals surface area (Å²) < 4.78 is 25.7. The second-order valence-corrected chi connectivity index (χ2v) is 14.6. The fourth-order valence-electron chi connectivity index (χ4n) is 5.51. The van der Waals surface area contributed by atoms with Crippen LogP contribution in [0.15, 0.2) is 28.2 Å². The molecule has 10 heteroatoms. The van der Waals surface area contributed by atoms with Crippen LogP contribution in [0.4, 0.5) is 0 Å². The molecule has 2 atom stereocenters. The topological polar surface area (TPSA) is 89.3 Å². The van der Waals surface area contributed by atoms with Crippen LogP contribution in [0.2, 0.25) is 0 Å². The van der Waals surface area contributed by atoms with Gasteiger partial charge in [0.1, 0.15) is 4.83 Å². The highest BCUT2D eigenvalue weighted by Crippen LogP contribution is 2.37. The Bertz CT molecular complexity index is 1540. The lowest BCUT2D eigenvalue weighted by molar-refractivity contribution is -0.129. The highest BCUT2D eigenvalue weighted by molar-refractivity contribution is 7.99. The Morgan fingerprint density at radius 1 is 1.27 bits per heavy atom. The number of thiophene rings is 1. The van der Waals surface area contributed by atoms with Crippen molar-refractivity contribution in [2.75, 3.05) is 23.8 Å². The second kappa shape index (κ2) is 10.2. The third-order valence-electron chi connectivity index (χ3n) is 7.54. The van der Waals surface area contributed by atoms with Crippen LogP contribution >= 0.6 is 23.1 Å². The Balaban J connectivity index is 1.55. The lowest BCUT2D eigenvalue weighted by Crippen LogP contribution is -2.42. The summed E-state index contributed by atoms with van der Waals surface area (Å²) in [5.74, 6) is 0.701. The number of hydrogen-bond donors (Lipinski definition) is 0. The highest BCUT2D eigenvalue weighted by atomic mass is 32.2. The SMILES string of the molecule is CCN(C(=O)CSc1nc2sc3c(c2c(=O)n1-c1cc(C)ccc1C)CC[C@H](C)C3)[C@@H]1CCS(=O)(=O)C1. The number of benzene rings is 1. The van der Waals surface area contributed by atoms with E-state index in [2.05, 4.69) is 6.92 Å². The molecule has 0 unspecified atom stereocenters. The second-order valence-electron chi connectivity index (χ2n) is 10.4. The molecule has 5 rings (SSSR count). The number of rotatable bonds is 6. The molecule has 3 aromatic rings. The van der Waals surface area contributed by atoms with Crippen molar-refractivity contribution in [1.29, 1.82) is 0 Å². The van der Waals surface area contributed by atoms with Gasteiger partial charge in [0.25, 0.3) is 5.56 Å². The van der Waals surface area contributed by atoms with Crippen molar-refractivity contribution in [2.45, 2.75) is 64.6 Å². The first-order valence-electron chi connectivity index (χ1n) is 12.9. The number of fused-ring (bicyclic) bond motifs is 3. The van der Waals surface area contributed by atoms with Crippen LogP contribution in [-0.2, 0) is 27.5 Å². The molecule has 1 aliphatic heterocycles. The predicted octanol–water partition coefficient (Wildman–Crippen LogP) is 4.32. The van der Waals surface area contributed by atoms with Gasteiger partial charge >= 0.3 is 0 Å². The molecule has 2 aliphatic rings. The molecule has 3 heterocycles. The zero-order chi connectivity index (χ0) is 26.5. The van der Waals surface area contributed by atoms with Crippen molar-refractivity contribution in [2.24, 2.45) is 5.92 Å². The van der Waals surface area contributed by atoms with E-state index in [4.69, 9.17) is 4.98 Å². The lowest BCUT2D eigenvalue weighted by Gasteiger charge is -2.26. The number of hydrogen-bond acceptors (Lipinski definition) is 7. The van der Waals surface area contributed by atoms with E-state index in [-0.39, 0.29) is 34.8 Å². The number of carbonyl (C=O) groups is 1. The summed E-state index contributed by atoms with van der Waals surface area (Å²) in [5, 5.41) is 1.22. The summed E-state index contributed by atoms with van der Waals surface area (Å²) in [4.78, 5) is 36.0. The molecule has 1 aliphatic carbocycles. The van der Waals surface area contributed by atoms with Crippen LogP contribution in [0.25, 0.3) is 15.9 Å². The van der Waals surface area contributed by atoms with E-state index in [0.29, 0.717) is 24.0 Å². The predicted molar refractivity (Wildman–Crippen MR) is 151 cm³/mol. The molecule has 1 amide bonds. The van der Waals surface area contributed by atoms with Gasteiger partial charge in [0, 0.05) is 17.5 Å². The zero-order valence-corrected chi connectivity index (χ0v) is 24.2. The highest BCUT2D eigenvalue weighted by Gasteiger charge is 2.34. The van der Waals surface area contributed by atoms with Gasteiger partial charge in [0.05, 0.1) is 28.3 Å². The zero-order valence-electron chi connectivity index (χ0n) is 21.7. The molecule has 7 nitrogen and oxygen atoms in total. The van der Waals surface area contributed by atoms with Crippen LogP contribution in [0.3, 0.4) is 0 Å². The first-order valence-corrected chi connectivity index (χ1v) is 16.5. The van der Waals surface area contributed by atoms with Gasteiger partial charge in [-0.3, -0.25) is 14.2 Å². The summed E-state index contributed by atoms with van der Waals surface area (Å²) in [6.07, 6.45) is 3.40. The van der Waals surface area contributed by atoms with Gasteiger partial charge < -0.3 is 4.90 Å². The number of nitrogens with zero attached hydrogens (tertiary/aromatic N) is 3. The van der Waals surface area contributed by atoms with E-state index in [9.17, 15) is 18.0 Å². The van der Waals surface area contributed by atoms with Crippen LogP contribution in [0, 0.1) is 19.8 Å². The average molecular weight is 560 g/mol. The fraction of sp³-hybridized carbons (Fsp3) is 0.519.